The highest BCUT2D eigenvalue weighted by Gasteiger charge is 2.46. The highest BCUT2D eigenvalue weighted by molar-refractivity contribution is 7.89. The van der Waals surface area contributed by atoms with Gasteiger partial charge in [0.25, 0.3) is 5.91 Å². The Balaban J connectivity index is 1.53. The van der Waals surface area contributed by atoms with E-state index < -0.39 is 10.0 Å². The number of nitrogens with zero attached hydrogens (tertiary/aromatic N) is 3. The first-order valence-corrected chi connectivity index (χ1v) is 10.6. The molecule has 0 atom stereocenters. The van der Waals surface area contributed by atoms with Crippen LogP contribution >= 0.6 is 0 Å². The summed E-state index contributed by atoms with van der Waals surface area (Å²) in [5, 5.41) is 2.77. The average Bonchev–Trinajstić information content (AvgIpc) is 3.04. The third-order valence-corrected chi connectivity index (χ3v) is 6.62. The molecular formula is C17H27N5O3S. The molecule has 26 heavy (non-hydrogen) atoms. The number of anilines is 1. The maximum absolute atomic E-state index is 12.3. The van der Waals surface area contributed by atoms with Crippen LogP contribution in [-0.4, -0.2) is 76.8 Å². The highest BCUT2D eigenvalue weighted by atomic mass is 32.2. The predicted molar refractivity (Wildman–Crippen MR) is 101 cm³/mol. The normalized spacial score (nSPS) is 19.5. The van der Waals surface area contributed by atoms with Gasteiger partial charge in [-0.3, -0.25) is 4.79 Å². The molecule has 1 spiro atoms. The Morgan fingerprint density at radius 3 is 2.81 bits per heavy atom. The molecule has 9 heteroatoms. The van der Waals surface area contributed by atoms with Crippen LogP contribution in [0.4, 0.5) is 5.82 Å². The minimum Gasteiger partial charge on any atom is -0.356 e. The van der Waals surface area contributed by atoms with Gasteiger partial charge in [-0.25, -0.2) is 18.1 Å². The van der Waals surface area contributed by atoms with Gasteiger partial charge in [0.15, 0.2) is 0 Å². The van der Waals surface area contributed by atoms with Crippen molar-refractivity contribution >= 4 is 21.7 Å². The molecule has 2 N–H and O–H groups in total. The molecule has 0 radical (unpaired) electrons. The summed E-state index contributed by atoms with van der Waals surface area (Å²) in [4.78, 5) is 21.3. The summed E-state index contributed by atoms with van der Waals surface area (Å²) < 4.78 is 25.0. The minimum absolute atomic E-state index is 0.00428. The molecule has 1 amide bonds. The molecule has 0 bridgehead atoms. The van der Waals surface area contributed by atoms with E-state index in [1.54, 1.807) is 12.3 Å². The van der Waals surface area contributed by atoms with Crippen LogP contribution < -0.4 is 14.9 Å². The largest absolute Gasteiger partial charge is 0.356 e. The average molecular weight is 382 g/mol. The van der Waals surface area contributed by atoms with Gasteiger partial charge >= 0.3 is 0 Å². The van der Waals surface area contributed by atoms with Crippen LogP contribution in [0.2, 0.25) is 0 Å². The van der Waals surface area contributed by atoms with E-state index in [0.717, 1.165) is 38.4 Å². The van der Waals surface area contributed by atoms with Crippen molar-refractivity contribution < 1.29 is 13.2 Å². The maximum Gasteiger partial charge on any atom is 0.251 e. The highest BCUT2D eigenvalue weighted by Crippen LogP contribution is 2.39. The first kappa shape index (κ1) is 19.1. The van der Waals surface area contributed by atoms with Crippen LogP contribution in [0.1, 0.15) is 23.2 Å². The zero-order valence-corrected chi connectivity index (χ0v) is 16.2. The van der Waals surface area contributed by atoms with Crippen molar-refractivity contribution in [2.45, 2.75) is 12.8 Å². The number of carbonyl (C=O) groups excluding carboxylic acids is 1. The zero-order chi connectivity index (χ0) is 18.8. The second-order valence-electron chi connectivity index (χ2n) is 7.38. The van der Waals surface area contributed by atoms with E-state index >= 15 is 0 Å². The van der Waals surface area contributed by atoms with Gasteiger partial charge in [0, 0.05) is 49.9 Å². The lowest BCUT2D eigenvalue weighted by Crippen LogP contribution is -2.55. The van der Waals surface area contributed by atoms with Gasteiger partial charge in [-0.05, 0) is 39.1 Å². The fraction of sp³-hybridized carbons (Fsp3) is 0.647. The summed E-state index contributed by atoms with van der Waals surface area (Å²) in [6, 6.07) is 3.51. The molecule has 144 valence electrons. The summed E-state index contributed by atoms with van der Waals surface area (Å²) in [6.07, 6.45) is 3.19. The summed E-state index contributed by atoms with van der Waals surface area (Å²) in [5.74, 6) is 0.630. The Hall–Kier alpha value is -1.71. The standard InChI is InChI=1S/C17H27N5O3S/c1-18-26(24,25)9-3-6-20-16(23)14-4-7-19-15(10-14)22-8-5-17(13-22)11-21(2)12-17/h4,7,10,18H,3,5-6,8-9,11-13H2,1-2H3,(H,20,23). The quantitative estimate of drug-likeness (QED) is 0.640. The number of carbonyl (C=O) groups is 1. The third-order valence-electron chi connectivity index (χ3n) is 5.17. The van der Waals surface area contributed by atoms with Gasteiger partial charge in [0.2, 0.25) is 10.0 Å². The van der Waals surface area contributed by atoms with Crippen LogP contribution in [0.25, 0.3) is 0 Å². The number of amides is 1. The summed E-state index contributed by atoms with van der Waals surface area (Å²) in [7, 11) is 0.290. The SMILES string of the molecule is CNS(=O)(=O)CCCNC(=O)c1ccnc(N2CCC3(CN(C)C3)C2)c1. The summed E-state index contributed by atoms with van der Waals surface area (Å²) >= 11 is 0. The Labute approximate surface area is 155 Å². The number of hydrogen-bond donors (Lipinski definition) is 2. The molecule has 1 aromatic heterocycles. The Bertz CT molecular complexity index is 761. The van der Waals surface area contributed by atoms with E-state index in [1.165, 1.54) is 7.05 Å². The summed E-state index contributed by atoms with van der Waals surface area (Å²) in [5.41, 5.74) is 0.936. The van der Waals surface area contributed by atoms with Gasteiger partial charge in [-0.2, -0.15) is 0 Å². The van der Waals surface area contributed by atoms with Crippen LogP contribution in [0.15, 0.2) is 18.3 Å². The number of rotatable bonds is 7. The van der Waals surface area contributed by atoms with Gasteiger partial charge in [-0.1, -0.05) is 0 Å². The zero-order valence-electron chi connectivity index (χ0n) is 15.4. The van der Waals surface area contributed by atoms with E-state index in [2.05, 4.69) is 31.9 Å². The summed E-state index contributed by atoms with van der Waals surface area (Å²) in [6.45, 7) is 4.51. The van der Waals surface area contributed by atoms with Gasteiger partial charge in [0.1, 0.15) is 5.82 Å². The lowest BCUT2D eigenvalue weighted by Gasteiger charge is -2.46. The molecule has 2 aliphatic heterocycles. The molecule has 8 nitrogen and oxygen atoms in total. The smallest absolute Gasteiger partial charge is 0.251 e. The Morgan fingerprint density at radius 1 is 1.35 bits per heavy atom. The van der Waals surface area contributed by atoms with Gasteiger partial charge in [0.05, 0.1) is 5.75 Å². The molecule has 3 heterocycles. The van der Waals surface area contributed by atoms with E-state index in [-0.39, 0.29) is 11.7 Å². The number of sulfonamides is 1. The minimum atomic E-state index is -3.23. The van der Waals surface area contributed by atoms with Gasteiger partial charge < -0.3 is 15.1 Å². The Kier molecular flexibility index (Phi) is 5.50. The fourth-order valence-corrected chi connectivity index (χ4v) is 4.62. The van der Waals surface area contributed by atoms with E-state index in [0.29, 0.717) is 23.9 Å². The number of pyridine rings is 1. The monoisotopic (exact) mass is 381 g/mol. The Morgan fingerprint density at radius 2 is 2.12 bits per heavy atom. The topological polar surface area (TPSA) is 94.6 Å². The van der Waals surface area contributed by atoms with Crippen molar-refractivity contribution in [3.63, 3.8) is 0 Å². The molecule has 0 aromatic carbocycles. The first-order chi connectivity index (χ1) is 12.3. The van der Waals surface area contributed by atoms with Gasteiger partial charge in [-0.15, -0.1) is 0 Å². The van der Waals surface area contributed by atoms with E-state index in [9.17, 15) is 13.2 Å². The van der Waals surface area contributed by atoms with E-state index in [4.69, 9.17) is 0 Å². The predicted octanol–water partition coefficient (Wildman–Crippen LogP) is -0.107. The molecular weight excluding hydrogens is 354 g/mol. The number of aromatic nitrogens is 1. The molecule has 0 saturated carbocycles. The number of hydrogen-bond acceptors (Lipinski definition) is 6. The first-order valence-electron chi connectivity index (χ1n) is 8.91. The molecule has 2 fully saturated rings. The number of likely N-dealkylation sites (tertiary alicyclic amines) is 1. The van der Waals surface area contributed by atoms with Crippen LogP contribution in [0.3, 0.4) is 0 Å². The van der Waals surface area contributed by atoms with Crippen molar-refractivity contribution in [1.82, 2.24) is 19.9 Å². The molecule has 2 aliphatic rings. The van der Waals surface area contributed by atoms with Crippen LogP contribution in [-0.2, 0) is 10.0 Å². The third kappa shape index (κ3) is 4.33. The van der Waals surface area contributed by atoms with Crippen molar-refractivity contribution in [3.8, 4) is 0 Å². The molecule has 0 unspecified atom stereocenters. The molecule has 2 saturated heterocycles. The maximum atomic E-state index is 12.3. The van der Waals surface area contributed by atoms with Crippen molar-refractivity contribution in [2.24, 2.45) is 5.41 Å². The lowest BCUT2D eigenvalue weighted by atomic mass is 9.79. The second kappa shape index (κ2) is 7.50. The van der Waals surface area contributed by atoms with Crippen LogP contribution in [0, 0.1) is 5.41 Å². The van der Waals surface area contributed by atoms with Crippen molar-refractivity contribution in [3.05, 3.63) is 23.9 Å². The molecule has 1 aromatic rings. The number of nitrogens with one attached hydrogen (secondary N) is 2. The van der Waals surface area contributed by atoms with Crippen molar-refractivity contribution in [2.75, 3.05) is 57.5 Å². The van der Waals surface area contributed by atoms with E-state index in [1.807, 2.05) is 6.07 Å². The molecule has 0 aliphatic carbocycles. The lowest BCUT2D eigenvalue weighted by molar-refractivity contribution is 0.0424. The second-order valence-corrected chi connectivity index (χ2v) is 9.43. The van der Waals surface area contributed by atoms with Crippen molar-refractivity contribution in [1.29, 1.82) is 0 Å². The van der Waals surface area contributed by atoms with Crippen LogP contribution in [0.5, 0.6) is 0 Å². The molecule has 3 rings (SSSR count). The fourth-order valence-electron chi connectivity index (χ4n) is 3.89.